The molecule has 1 aromatic rings. The van der Waals surface area contributed by atoms with Gasteiger partial charge in [0.25, 0.3) is 0 Å². The Labute approximate surface area is 168 Å². The number of hydrogen-bond acceptors (Lipinski definition) is 5. The molecule has 0 radical (unpaired) electrons. The summed E-state index contributed by atoms with van der Waals surface area (Å²) in [5, 5.41) is 0.578. The molecule has 1 aliphatic heterocycles. The molecule has 28 heavy (non-hydrogen) atoms. The van der Waals surface area contributed by atoms with Crippen LogP contribution < -0.4 is 0 Å². The average Bonchev–Trinajstić information content (AvgIpc) is 3.11. The molecule has 0 spiro atoms. The van der Waals surface area contributed by atoms with E-state index in [9.17, 15) is 19.2 Å². The van der Waals surface area contributed by atoms with E-state index in [0.717, 1.165) is 21.8 Å². The van der Waals surface area contributed by atoms with Crippen molar-refractivity contribution < 1.29 is 23.9 Å². The average molecular weight is 407 g/mol. The van der Waals surface area contributed by atoms with Crippen molar-refractivity contribution in [2.45, 2.75) is 45.1 Å². The number of hydrogen-bond donors (Lipinski definition) is 0. The fourth-order valence-corrected chi connectivity index (χ4v) is 4.12. The third kappa shape index (κ3) is 4.19. The van der Waals surface area contributed by atoms with E-state index in [-0.39, 0.29) is 19.6 Å². The Bertz CT molecular complexity index is 797. The van der Waals surface area contributed by atoms with Gasteiger partial charge in [-0.2, -0.15) is 0 Å². The predicted molar refractivity (Wildman–Crippen MR) is 101 cm³/mol. The van der Waals surface area contributed by atoms with E-state index in [2.05, 4.69) is 0 Å². The number of amides is 4. The van der Waals surface area contributed by atoms with Gasteiger partial charge in [-0.25, -0.2) is 4.79 Å². The molecule has 1 saturated carbocycles. The molecule has 0 unspecified atom stereocenters. The van der Waals surface area contributed by atoms with Gasteiger partial charge in [0.05, 0.1) is 18.6 Å². The normalized spacial score (nSPS) is 22.7. The number of carbonyl (C=O) groups is 4. The zero-order valence-corrected chi connectivity index (χ0v) is 16.5. The van der Waals surface area contributed by atoms with E-state index in [1.807, 2.05) is 6.07 Å². The Morgan fingerprint density at radius 3 is 2.71 bits per heavy atom. The van der Waals surface area contributed by atoms with Crippen LogP contribution in [0.1, 0.15) is 38.2 Å². The van der Waals surface area contributed by atoms with Crippen molar-refractivity contribution in [1.29, 1.82) is 0 Å². The van der Waals surface area contributed by atoms with Gasteiger partial charge >= 0.3 is 12.0 Å². The summed E-state index contributed by atoms with van der Waals surface area (Å²) in [6, 6.07) is 5.98. The molecule has 0 N–H and O–H groups in total. The lowest BCUT2D eigenvalue weighted by Gasteiger charge is -2.37. The van der Waals surface area contributed by atoms with Gasteiger partial charge in [0.1, 0.15) is 6.42 Å². The number of benzene rings is 1. The number of esters is 1. The summed E-state index contributed by atoms with van der Waals surface area (Å²) < 4.78 is 5.10. The quantitative estimate of drug-likeness (QED) is 0.535. The maximum atomic E-state index is 13.0. The van der Waals surface area contributed by atoms with Crippen LogP contribution in [-0.4, -0.2) is 52.8 Å². The molecule has 150 valence electrons. The summed E-state index contributed by atoms with van der Waals surface area (Å²) in [6.07, 6.45) is 1.90. The van der Waals surface area contributed by atoms with Crippen molar-refractivity contribution >= 4 is 35.4 Å². The third-order valence-electron chi connectivity index (χ3n) is 5.22. The number of barbiturate groups is 1. The number of nitrogens with zero attached hydrogens (tertiary/aromatic N) is 2. The van der Waals surface area contributed by atoms with Crippen LogP contribution in [0, 0.1) is 5.92 Å². The first kappa shape index (κ1) is 20.3. The van der Waals surface area contributed by atoms with Gasteiger partial charge in [-0.15, -0.1) is 0 Å². The second-order valence-corrected chi connectivity index (χ2v) is 7.44. The van der Waals surface area contributed by atoms with Gasteiger partial charge in [0, 0.05) is 11.6 Å². The summed E-state index contributed by atoms with van der Waals surface area (Å²) >= 11 is 5.98. The lowest BCUT2D eigenvalue weighted by atomic mass is 10.0. The van der Waals surface area contributed by atoms with Gasteiger partial charge in [-0.05, 0) is 43.9 Å². The standard InChI is InChI=1S/C20H23ClN2O5/c1-2-28-19(26)15-7-4-8-16(15)23-18(25)12-17(24)22(20(23)27)10-9-13-5-3-6-14(21)11-13/h3,5-6,11,15-16H,2,4,7-10,12H2,1H3/t15-,16+/m1/s1. The Morgan fingerprint density at radius 1 is 1.21 bits per heavy atom. The highest BCUT2D eigenvalue weighted by Gasteiger charge is 2.47. The number of urea groups is 1. The van der Waals surface area contributed by atoms with Crippen LogP contribution in [-0.2, 0) is 25.5 Å². The van der Waals surface area contributed by atoms with E-state index >= 15 is 0 Å². The first-order chi connectivity index (χ1) is 13.4. The van der Waals surface area contributed by atoms with Crippen LogP contribution in [0.15, 0.2) is 24.3 Å². The highest BCUT2D eigenvalue weighted by molar-refractivity contribution is 6.30. The van der Waals surface area contributed by atoms with Crippen LogP contribution in [0.3, 0.4) is 0 Å². The van der Waals surface area contributed by atoms with E-state index in [0.29, 0.717) is 24.3 Å². The summed E-state index contributed by atoms with van der Waals surface area (Å²) in [4.78, 5) is 52.2. The number of halogens is 1. The topological polar surface area (TPSA) is 84.0 Å². The first-order valence-electron chi connectivity index (χ1n) is 9.49. The molecule has 4 amide bonds. The molecule has 0 aromatic heterocycles. The lowest BCUT2D eigenvalue weighted by molar-refractivity contribution is -0.151. The molecule has 1 aliphatic carbocycles. The van der Waals surface area contributed by atoms with Gasteiger partial charge in [0.2, 0.25) is 11.8 Å². The minimum Gasteiger partial charge on any atom is -0.466 e. The maximum Gasteiger partial charge on any atom is 0.333 e. The van der Waals surface area contributed by atoms with E-state index in [1.54, 1.807) is 25.1 Å². The molecule has 2 fully saturated rings. The highest BCUT2D eigenvalue weighted by atomic mass is 35.5. The van der Waals surface area contributed by atoms with Crippen LogP contribution >= 0.6 is 11.6 Å². The van der Waals surface area contributed by atoms with Crippen LogP contribution in [0.2, 0.25) is 5.02 Å². The molecule has 2 atom stereocenters. The lowest BCUT2D eigenvalue weighted by Crippen LogP contribution is -2.59. The zero-order chi connectivity index (χ0) is 20.3. The summed E-state index contributed by atoms with van der Waals surface area (Å²) in [7, 11) is 0. The minimum atomic E-state index is -0.649. The number of rotatable bonds is 6. The van der Waals surface area contributed by atoms with Crippen LogP contribution in [0.5, 0.6) is 0 Å². The molecule has 7 nitrogen and oxygen atoms in total. The van der Waals surface area contributed by atoms with Gasteiger partial charge < -0.3 is 4.74 Å². The third-order valence-corrected chi connectivity index (χ3v) is 5.46. The largest absolute Gasteiger partial charge is 0.466 e. The van der Waals surface area contributed by atoms with Crippen molar-refractivity contribution in [1.82, 2.24) is 9.80 Å². The number of imide groups is 2. The smallest absolute Gasteiger partial charge is 0.333 e. The second kappa shape index (κ2) is 8.73. The van der Waals surface area contributed by atoms with Crippen molar-refractivity contribution in [3.05, 3.63) is 34.9 Å². The maximum absolute atomic E-state index is 13.0. The summed E-state index contributed by atoms with van der Waals surface area (Å²) in [5.74, 6) is -1.99. The van der Waals surface area contributed by atoms with E-state index in [4.69, 9.17) is 16.3 Å². The summed E-state index contributed by atoms with van der Waals surface area (Å²) in [5.41, 5.74) is 0.891. The number of carbonyl (C=O) groups excluding carboxylic acids is 4. The second-order valence-electron chi connectivity index (χ2n) is 7.01. The van der Waals surface area contributed by atoms with Crippen molar-refractivity contribution in [3.8, 4) is 0 Å². The van der Waals surface area contributed by atoms with Crippen LogP contribution in [0.25, 0.3) is 0 Å². The van der Waals surface area contributed by atoms with Crippen molar-refractivity contribution in [3.63, 3.8) is 0 Å². The zero-order valence-electron chi connectivity index (χ0n) is 15.7. The fourth-order valence-electron chi connectivity index (χ4n) is 3.91. The first-order valence-corrected chi connectivity index (χ1v) is 9.87. The molecular formula is C20H23ClN2O5. The Balaban J connectivity index is 1.75. The molecule has 0 bridgehead atoms. The Morgan fingerprint density at radius 2 is 2.00 bits per heavy atom. The van der Waals surface area contributed by atoms with E-state index < -0.39 is 35.8 Å². The van der Waals surface area contributed by atoms with Gasteiger partial charge in [-0.1, -0.05) is 30.2 Å². The van der Waals surface area contributed by atoms with Gasteiger partial charge in [0.15, 0.2) is 0 Å². The molecule has 8 heteroatoms. The highest BCUT2D eigenvalue weighted by Crippen LogP contribution is 2.33. The Hall–Kier alpha value is -2.41. The minimum absolute atomic E-state index is 0.151. The monoisotopic (exact) mass is 406 g/mol. The van der Waals surface area contributed by atoms with Crippen LogP contribution in [0.4, 0.5) is 4.79 Å². The van der Waals surface area contributed by atoms with E-state index in [1.165, 1.54) is 0 Å². The fraction of sp³-hybridized carbons (Fsp3) is 0.500. The number of ether oxygens (including phenoxy) is 1. The predicted octanol–water partition coefficient (Wildman–Crippen LogP) is 2.80. The molecule has 1 saturated heterocycles. The molecule has 1 aromatic carbocycles. The molecular weight excluding hydrogens is 384 g/mol. The van der Waals surface area contributed by atoms with Gasteiger partial charge in [-0.3, -0.25) is 24.2 Å². The summed E-state index contributed by atoms with van der Waals surface area (Å²) in [6.45, 7) is 2.11. The molecule has 2 aliphatic rings. The Kier molecular flexibility index (Phi) is 6.34. The van der Waals surface area contributed by atoms with Crippen molar-refractivity contribution in [2.24, 2.45) is 5.92 Å². The van der Waals surface area contributed by atoms with Crippen molar-refractivity contribution in [2.75, 3.05) is 13.2 Å². The SMILES string of the molecule is CCOC(=O)[C@@H]1CCC[C@@H]1N1C(=O)CC(=O)N(CCc2cccc(Cl)c2)C1=O. The molecule has 3 rings (SSSR count). The molecule has 1 heterocycles.